The molecule has 0 radical (unpaired) electrons. The molecule has 0 aliphatic rings. The van der Waals surface area contributed by atoms with Crippen LogP contribution in [0.25, 0.3) is 10.6 Å². The summed E-state index contributed by atoms with van der Waals surface area (Å²) in [6.07, 6.45) is -0.900. The average molecular weight is 410 g/mol. The van der Waals surface area contributed by atoms with E-state index in [1.54, 1.807) is 31.4 Å². The van der Waals surface area contributed by atoms with Crippen molar-refractivity contribution in [3.63, 3.8) is 0 Å². The summed E-state index contributed by atoms with van der Waals surface area (Å²) < 4.78 is 10.3. The molecule has 0 spiro atoms. The number of esters is 1. The SMILES string of the molecule is COc1ccc(NC(=O)[C@@H](C)OC(=O)Cc2csc(-c3ccc(C)cc3)n2)cc1. The number of aryl methyl sites for hydroxylation is 1. The molecule has 1 atom stereocenters. The molecule has 3 aromatic rings. The molecule has 0 bridgehead atoms. The first-order chi connectivity index (χ1) is 13.9. The van der Waals surface area contributed by atoms with E-state index >= 15 is 0 Å². The third-order valence-electron chi connectivity index (χ3n) is 4.21. The van der Waals surface area contributed by atoms with E-state index in [1.165, 1.54) is 23.8 Å². The molecule has 1 heterocycles. The largest absolute Gasteiger partial charge is 0.497 e. The molecule has 0 fully saturated rings. The topological polar surface area (TPSA) is 77.5 Å². The van der Waals surface area contributed by atoms with E-state index in [4.69, 9.17) is 9.47 Å². The number of hydrogen-bond acceptors (Lipinski definition) is 6. The van der Waals surface area contributed by atoms with E-state index in [1.807, 2.05) is 36.6 Å². The zero-order valence-corrected chi connectivity index (χ0v) is 17.3. The summed E-state index contributed by atoms with van der Waals surface area (Å²) in [5.41, 5.74) is 3.41. The van der Waals surface area contributed by atoms with Crippen LogP contribution in [0.15, 0.2) is 53.9 Å². The summed E-state index contributed by atoms with van der Waals surface area (Å²) in [4.78, 5) is 28.9. The number of nitrogens with one attached hydrogen (secondary N) is 1. The lowest BCUT2D eigenvalue weighted by Crippen LogP contribution is -2.30. The number of rotatable bonds is 7. The van der Waals surface area contributed by atoms with Crippen LogP contribution in [0.3, 0.4) is 0 Å². The Morgan fingerprint density at radius 1 is 1.10 bits per heavy atom. The summed E-state index contributed by atoms with van der Waals surface area (Å²) in [6.45, 7) is 3.56. The zero-order chi connectivity index (χ0) is 20.8. The van der Waals surface area contributed by atoms with Crippen molar-refractivity contribution >= 4 is 28.9 Å². The summed E-state index contributed by atoms with van der Waals surface area (Å²) >= 11 is 1.47. The number of carbonyl (C=O) groups is 2. The monoisotopic (exact) mass is 410 g/mol. The maximum absolute atomic E-state index is 12.2. The van der Waals surface area contributed by atoms with E-state index in [2.05, 4.69) is 10.3 Å². The van der Waals surface area contributed by atoms with Crippen LogP contribution < -0.4 is 10.1 Å². The molecule has 0 aliphatic heterocycles. The number of aromatic nitrogens is 1. The molecular formula is C22H22N2O4S. The molecule has 6 nitrogen and oxygen atoms in total. The van der Waals surface area contributed by atoms with Gasteiger partial charge in [-0.3, -0.25) is 9.59 Å². The van der Waals surface area contributed by atoms with Crippen molar-refractivity contribution in [2.24, 2.45) is 0 Å². The summed E-state index contributed by atoms with van der Waals surface area (Å²) in [5.74, 6) is -0.207. The van der Waals surface area contributed by atoms with Gasteiger partial charge in [0.15, 0.2) is 6.10 Å². The standard InChI is InChI=1S/C22H22N2O4S/c1-14-4-6-16(7-5-14)22-24-18(13-29-22)12-20(25)28-15(2)21(26)23-17-8-10-19(27-3)11-9-17/h4-11,13,15H,12H2,1-3H3,(H,23,26)/t15-/m1/s1. The van der Waals surface area contributed by atoms with E-state index in [0.717, 1.165) is 10.6 Å². The molecule has 0 saturated carbocycles. The second-order valence-corrected chi connectivity index (χ2v) is 7.39. The van der Waals surface area contributed by atoms with Crippen LogP contribution in [0.1, 0.15) is 18.2 Å². The minimum atomic E-state index is -0.917. The van der Waals surface area contributed by atoms with E-state index < -0.39 is 18.0 Å². The zero-order valence-electron chi connectivity index (χ0n) is 16.5. The fraction of sp³-hybridized carbons (Fsp3) is 0.227. The maximum Gasteiger partial charge on any atom is 0.312 e. The molecule has 29 heavy (non-hydrogen) atoms. The Bertz CT molecular complexity index is 981. The van der Waals surface area contributed by atoms with Gasteiger partial charge in [0, 0.05) is 16.6 Å². The van der Waals surface area contributed by atoms with Crippen LogP contribution in [0.5, 0.6) is 5.75 Å². The van der Waals surface area contributed by atoms with Crippen molar-refractivity contribution in [3.8, 4) is 16.3 Å². The van der Waals surface area contributed by atoms with Gasteiger partial charge in [0.25, 0.3) is 5.91 Å². The van der Waals surface area contributed by atoms with Gasteiger partial charge in [-0.25, -0.2) is 4.98 Å². The van der Waals surface area contributed by atoms with E-state index in [0.29, 0.717) is 17.1 Å². The van der Waals surface area contributed by atoms with Gasteiger partial charge in [0.05, 0.1) is 19.2 Å². The number of nitrogens with zero attached hydrogens (tertiary/aromatic N) is 1. The van der Waals surface area contributed by atoms with Crippen LogP contribution in [-0.4, -0.2) is 30.1 Å². The first-order valence-corrected chi connectivity index (χ1v) is 9.98. The Labute approximate surface area is 173 Å². The van der Waals surface area contributed by atoms with Crippen molar-refractivity contribution in [2.75, 3.05) is 12.4 Å². The smallest absolute Gasteiger partial charge is 0.312 e. The lowest BCUT2D eigenvalue weighted by atomic mass is 10.2. The minimum absolute atomic E-state index is 0.0164. The molecular weight excluding hydrogens is 388 g/mol. The van der Waals surface area contributed by atoms with Crippen molar-refractivity contribution in [1.82, 2.24) is 4.98 Å². The number of methoxy groups -OCH3 is 1. The number of carbonyl (C=O) groups excluding carboxylic acids is 2. The van der Waals surface area contributed by atoms with E-state index in [9.17, 15) is 9.59 Å². The fourth-order valence-corrected chi connectivity index (χ4v) is 3.40. The van der Waals surface area contributed by atoms with Gasteiger partial charge in [-0.15, -0.1) is 11.3 Å². The Morgan fingerprint density at radius 3 is 2.45 bits per heavy atom. The number of ether oxygens (including phenoxy) is 2. The molecule has 2 aromatic carbocycles. The normalized spacial score (nSPS) is 11.6. The van der Waals surface area contributed by atoms with Crippen LogP contribution in [0, 0.1) is 6.92 Å². The molecule has 3 rings (SSSR count). The van der Waals surface area contributed by atoms with Gasteiger partial charge in [-0.2, -0.15) is 0 Å². The molecule has 0 aliphatic carbocycles. The van der Waals surface area contributed by atoms with Crippen molar-refractivity contribution < 1.29 is 19.1 Å². The van der Waals surface area contributed by atoms with Crippen molar-refractivity contribution in [1.29, 1.82) is 0 Å². The molecule has 1 N–H and O–H groups in total. The third-order valence-corrected chi connectivity index (χ3v) is 5.15. The Balaban J connectivity index is 1.53. The highest BCUT2D eigenvalue weighted by atomic mass is 32.1. The van der Waals surface area contributed by atoms with Gasteiger partial charge < -0.3 is 14.8 Å². The van der Waals surface area contributed by atoms with Crippen molar-refractivity contribution in [3.05, 3.63) is 65.2 Å². The first-order valence-electron chi connectivity index (χ1n) is 9.10. The fourth-order valence-electron chi connectivity index (χ4n) is 2.58. The van der Waals surface area contributed by atoms with Crippen molar-refractivity contribution in [2.45, 2.75) is 26.4 Å². The summed E-state index contributed by atoms with van der Waals surface area (Å²) in [5, 5.41) is 5.38. The quantitative estimate of drug-likeness (QED) is 0.590. The molecule has 7 heteroatoms. The molecule has 150 valence electrons. The Kier molecular flexibility index (Phi) is 6.61. The van der Waals surface area contributed by atoms with Gasteiger partial charge in [0.1, 0.15) is 10.8 Å². The van der Waals surface area contributed by atoms with Crippen LogP contribution >= 0.6 is 11.3 Å². The highest BCUT2D eigenvalue weighted by Crippen LogP contribution is 2.24. The molecule has 0 unspecified atom stereocenters. The average Bonchev–Trinajstić information content (AvgIpc) is 3.17. The highest BCUT2D eigenvalue weighted by molar-refractivity contribution is 7.13. The lowest BCUT2D eigenvalue weighted by molar-refractivity contribution is -0.152. The predicted octanol–water partition coefficient (Wildman–Crippen LogP) is 4.24. The second kappa shape index (κ2) is 9.34. The number of anilines is 1. The van der Waals surface area contributed by atoms with Crippen LogP contribution in [-0.2, 0) is 20.7 Å². The van der Waals surface area contributed by atoms with Crippen LogP contribution in [0.2, 0.25) is 0 Å². The minimum Gasteiger partial charge on any atom is -0.497 e. The second-order valence-electron chi connectivity index (χ2n) is 6.54. The Hall–Kier alpha value is -3.19. The number of hydrogen-bond donors (Lipinski definition) is 1. The number of thiazole rings is 1. The lowest BCUT2D eigenvalue weighted by Gasteiger charge is -2.13. The predicted molar refractivity (Wildman–Crippen MR) is 113 cm³/mol. The first kappa shape index (κ1) is 20.5. The summed E-state index contributed by atoms with van der Waals surface area (Å²) in [7, 11) is 1.57. The highest BCUT2D eigenvalue weighted by Gasteiger charge is 2.19. The maximum atomic E-state index is 12.2. The van der Waals surface area contributed by atoms with Gasteiger partial charge in [0.2, 0.25) is 0 Å². The van der Waals surface area contributed by atoms with Gasteiger partial charge in [-0.05, 0) is 38.1 Å². The van der Waals surface area contributed by atoms with Gasteiger partial charge >= 0.3 is 5.97 Å². The Morgan fingerprint density at radius 2 is 1.79 bits per heavy atom. The molecule has 1 aromatic heterocycles. The molecule has 0 saturated heterocycles. The summed E-state index contributed by atoms with van der Waals surface area (Å²) in [6, 6.07) is 15.0. The third kappa shape index (κ3) is 5.65. The number of benzene rings is 2. The van der Waals surface area contributed by atoms with Crippen LogP contribution in [0.4, 0.5) is 5.69 Å². The number of amides is 1. The van der Waals surface area contributed by atoms with Gasteiger partial charge in [-0.1, -0.05) is 29.8 Å². The molecule has 1 amide bonds. The van der Waals surface area contributed by atoms with E-state index in [-0.39, 0.29) is 6.42 Å².